The minimum Gasteiger partial charge on any atom is -0.453 e. The highest BCUT2D eigenvalue weighted by atomic mass is 19.1. The SMILES string of the molecule is Cc1ccc(C(=O)c2cc3cc(F)ccc3o2)cc1. The molecule has 2 nitrogen and oxygen atoms in total. The predicted octanol–water partition coefficient (Wildman–Crippen LogP) is 4.11. The van der Waals surface area contributed by atoms with E-state index in [2.05, 4.69) is 0 Å². The van der Waals surface area contributed by atoms with Gasteiger partial charge in [0.15, 0.2) is 5.76 Å². The van der Waals surface area contributed by atoms with Gasteiger partial charge < -0.3 is 4.42 Å². The number of carbonyl (C=O) groups excluding carboxylic acids is 1. The number of ketones is 1. The van der Waals surface area contributed by atoms with Crippen LogP contribution in [0.15, 0.2) is 52.9 Å². The molecule has 0 saturated carbocycles. The summed E-state index contributed by atoms with van der Waals surface area (Å²) >= 11 is 0. The molecule has 0 amide bonds. The summed E-state index contributed by atoms with van der Waals surface area (Å²) in [5, 5.41) is 0.593. The topological polar surface area (TPSA) is 30.2 Å². The van der Waals surface area contributed by atoms with Gasteiger partial charge in [-0.05, 0) is 31.2 Å². The van der Waals surface area contributed by atoms with Crippen molar-refractivity contribution in [2.45, 2.75) is 6.92 Å². The lowest BCUT2D eigenvalue weighted by Gasteiger charge is -1.97. The molecule has 1 heterocycles. The van der Waals surface area contributed by atoms with E-state index in [0.717, 1.165) is 5.56 Å². The van der Waals surface area contributed by atoms with Crippen LogP contribution in [0.2, 0.25) is 0 Å². The second kappa shape index (κ2) is 4.35. The van der Waals surface area contributed by atoms with Gasteiger partial charge in [0.25, 0.3) is 0 Å². The molecule has 0 unspecified atom stereocenters. The zero-order valence-electron chi connectivity index (χ0n) is 10.3. The van der Waals surface area contributed by atoms with Gasteiger partial charge in [0.05, 0.1) is 0 Å². The maximum absolute atomic E-state index is 13.1. The molecule has 3 heteroatoms. The Hall–Kier alpha value is -2.42. The molecular weight excluding hydrogens is 243 g/mol. The Balaban J connectivity index is 2.04. The van der Waals surface area contributed by atoms with Gasteiger partial charge in [-0.25, -0.2) is 4.39 Å². The number of furan rings is 1. The molecule has 0 saturated heterocycles. The van der Waals surface area contributed by atoms with E-state index in [4.69, 9.17) is 4.42 Å². The first-order chi connectivity index (χ1) is 9.13. The Morgan fingerprint density at radius 2 is 1.79 bits per heavy atom. The Bertz CT molecular complexity index is 754. The van der Waals surface area contributed by atoms with E-state index in [9.17, 15) is 9.18 Å². The smallest absolute Gasteiger partial charge is 0.228 e. The highest BCUT2D eigenvalue weighted by molar-refractivity contribution is 6.08. The second-order valence-electron chi connectivity index (χ2n) is 4.49. The number of rotatable bonds is 2. The first-order valence-electron chi connectivity index (χ1n) is 5.94. The largest absolute Gasteiger partial charge is 0.453 e. The van der Waals surface area contributed by atoms with Crippen LogP contribution in [0.5, 0.6) is 0 Å². The summed E-state index contributed by atoms with van der Waals surface area (Å²) in [4.78, 5) is 12.2. The van der Waals surface area contributed by atoms with Gasteiger partial charge in [-0.3, -0.25) is 4.79 Å². The number of hydrogen-bond acceptors (Lipinski definition) is 2. The summed E-state index contributed by atoms with van der Waals surface area (Å²) in [6, 6.07) is 13.0. The van der Waals surface area contributed by atoms with Crippen LogP contribution in [-0.2, 0) is 0 Å². The quantitative estimate of drug-likeness (QED) is 0.644. The molecule has 2 aromatic carbocycles. The number of carbonyl (C=O) groups is 1. The zero-order chi connectivity index (χ0) is 13.4. The van der Waals surface area contributed by atoms with Crippen molar-refractivity contribution < 1.29 is 13.6 Å². The average Bonchev–Trinajstić information content (AvgIpc) is 2.81. The fraction of sp³-hybridized carbons (Fsp3) is 0.0625. The Morgan fingerprint density at radius 1 is 1.05 bits per heavy atom. The van der Waals surface area contributed by atoms with E-state index < -0.39 is 0 Å². The summed E-state index contributed by atoms with van der Waals surface area (Å²) in [6.07, 6.45) is 0. The van der Waals surface area contributed by atoms with Gasteiger partial charge in [-0.2, -0.15) is 0 Å². The van der Waals surface area contributed by atoms with E-state index in [1.165, 1.54) is 18.2 Å². The minimum atomic E-state index is -0.345. The van der Waals surface area contributed by atoms with Gasteiger partial charge in [-0.15, -0.1) is 0 Å². The molecule has 0 aliphatic carbocycles. The van der Waals surface area contributed by atoms with Crippen LogP contribution in [-0.4, -0.2) is 5.78 Å². The standard InChI is InChI=1S/C16H11FO2/c1-10-2-4-11(5-3-10)16(18)15-9-12-8-13(17)6-7-14(12)19-15/h2-9H,1H3. The fourth-order valence-electron chi connectivity index (χ4n) is 1.97. The van der Waals surface area contributed by atoms with Gasteiger partial charge >= 0.3 is 0 Å². The number of fused-ring (bicyclic) bond motifs is 1. The average molecular weight is 254 g/mol. The lowest BCUT2D eigenvalue weighted by Crippen LogP contribution is -1.98. The zero-order valence-corrected chi connectivity index (χ0v) is 10.3. The summed E-state index contributed by atoms with van der Waals surface area (Å²) < 4.78 is 18.5. The molecule has 94 valence electrons. The van der Waals surface area contributed by atoms with Crippen molar-refractivity contribution in [1.82, 2.24) is 0 Å². The maximum atomic E-state index is 13.1. The molecule has 0 atom stereocenters. The third-order valence-electron chi connectivity index (χ3n) is 3.02. The summed E-state index contributed by atoms with van der Waals surface area (Å²) in [5.74, 6) is -0.316. The first-order valence-corrected chi connectivity index (χ1v) is 5.94. The Kier molecular flexibility index (Phi) is 2.67. The van der Waals surface area contributed by atoms with Crippen molar-refractivity contribution in [1.29, 1.82) is 0 Å². The van der Waals surface area contributed by atoms with Gasteiger partial charge in [0.2, 0.25) is 5.78 Å². The number of hydrogen-bond donors (Lipinski definition) is 0. The van der Waals surface area contributed by atoms with E-state index in [-0.39, 0.29) is 17.4 Å². The Labute approximate surface area is 109 Å². The summed E-state index contributed by atoms with van der Waals surface area (Å²) in [7, 11) is 0. The normalized spacial score (nSPS) is 10.8. The van der Waals surface area contributed by atoms with Crippen molar-refractivity contribution >= 4 is 16.8 Å². The van der Waals surface area contributed by atoms with E-state index in [1.54, 1.807) is 18.2 Å². The molecule has 0 N–H and O–H groups in total. The van der Waals surface area contributed by atoms with E-state index in [1.807, 2.05) is 19.1 Å². The number of aryl methyl sites for hydroxylation is 1. The summed E-state index contributed by atoms with van der Waals surface area (Å²) in [5.41, 5.74) is 2.16. The van der Waals surface area contributed by atoms with Crippen molar-refractivity contribution in [3.8, 4) is 0 Å². The number of halogens is 1. The van der Waals surface area contributed by atoms with Crippen molar-refractivity contribution in [2.24, 2.45) is 0 Å². The van der Waals surface area contributed by atoms with Crippen LogP contribution in [0.4, 0.5) is 4.39 Å². The molecule has 0 fully saturated rings. The monoisotopic (exact) mass is 254 g/mol. The van der Waals surface area contributed by atoms with Crippen LogP contribution in [0.25, 0.3) is 11.0 Å². The van der Waals surface area contributed by atoms with Crippen LogP contribution >= 0.6 is 0 Å². The lowest BCUT2D eigenvalue weighted by molar-refractivity contribution is 0.101. The third kappa shape index (κ3) is 2.15. The van der Waals surface area contributed by atoms with E-state index in [0.29, 0.717) is 16.5 Å². The van der Waals surface area contributed by atoms with Crippen molar-refractivity contribution in [2.75, 3.05) is 0 Å². The van der Waals surface area contributed by atoms with Crippen molar-refractivity contribution in [3.05, 3.63) is 71.2 Å². The fourth-order valence-corrected chi connectivity index (χ4v) is 1.97. The molecular formula is C16H11FO2. The Morgan fingerprint density at radius 3 is 2.53 bits per heavy atom. The first kappa shape index (κ1) is 11.7. The molecule has 0 bridgehead atoms. The van der Waals surface area contributed by atoms with Gasteiger partial charge in [-0.1, -0.05) is 29.8 Å². The summed E-state index contributed by atoms with van der Waals surface area (Å²) in [6.45, 7) is 1.96. The number of benzene rings is 2. The molecule has 0 aliphatic rings. The van der Waals surface area contributed by atoms with E-state index >= 15 is 0 Å². The second-order valence-corrected chi connectivity index (χ2v) is 4.49. The van der Waals surface area contributed by atoms with Crippen molar-refractivity contribution in [3.63, 3.8) is 0 Å². The molecule has 1 aromatic heterocycles. The van der Waals surface area contributed by atoms with Gasteiger partial charge in [0, 0.05) is 10.9 Å². The minimum absolute atomic E-state index is 0.198. The molecule has 0 spiro atoms. The van der Waals surface area contributed by atoms with Crippen LogP contribution in [0.1, 0.15) is 21.7 Å². The van der Waals surface area contributed by atoms with Crippen LogP contribution in [0, 0.1) is 12.7 Å². The highest BCUT2D eigenvalue weighted by Crippen LogP contribution is 2.22. The predicted molar refractivity (Wildman–Crippen MR) is 70.8 cm³/mol. The molecule has 0 radical (unpaired) electrons. The molecule has 19 heavy (non-hydrogen) atoms. The maximum Gasteiger partial charge on any atom is 0.228 e. The highest BCUT2D eigenvalue weighted by Gasteiger charge is 2.14. The van der Waals surface area contributed by atoms with Crippen LogP contribution < -0.4 is 0 Å². The third-order valence-corrected chi connectivity index (χ3v) is 3.02. The van der Waals surface area contributed by atoms with Gasteiger partial charge in [0.1, 0.15) is 11.4 Å². The lowest BCUT2D eigenvalue weighted by atomic mass is 10.1. The molecule has 3 aromatic rings. The molecule has 3 rings (SSSR count). The van der Waals surface area contributed by atoms with Crippen LogP contribution in [0.3, 0.4) is 0 Å². The molecule has 0 aliphatic heterocycles.